The summed E-state index contributed by atoms with van der Waals surface area (Å²) in [4.78, 5) is 25.9. The number of amides is 1. The van der Waals surface area contributed by atoms with Crippen molar-refractivity contribution in [3.63, 3.8) is 0 Å². The van der Waals surface area contributed by atoms with Crippen molar-refractivity contribution in [2.75, 3.05) is 23.8 Å². The number of aromatic amines is 1. The molecule has 3 rings (SSSR count). The zero-order valence-corrected chi connectivity index (χ0v) is 19.2. The molecule has 0 spiro atoms. The smallest absolute Gasteiger partial charge is 0.246 e. The van der Waals surface area contributed by atoms with Crippen LogP contribution < -0.4 is 10.2 Å². The molecule has 0 aliphatic carbocycles. The highest BCUT2D eigenvalue weighted by atomic mass is 35.5. The van der Waals surface area contributed by atoms with Crippen molar-refractivity contribution in [3.05, 3.63) is 59.4 Å². The van der Waals surface area contributed by atoms with Gasteiger partial charge in [-0.25, -0.2) is 4.98 Å². The topological polar surface area (TPSA) is 73.9 Å². The second-order valence-electron chi connectivity index (χ2n) is 6.51. The SMILES string of the molecule is Cc1cc(C)c(N(C)CC(=O)Nc2ncc(-c3ccccn3)[nH]2)c(C)c1.Cl.Cl.Cl. The van der Waals surface area contributed by atoms with Gasteiger partial charge in [0.05, 0.1) is 24.1 Å². The molecule has 0 atom stereocenters. The average molecular weight is 459 g/mol. The summed E-state index contributed by atoms with van der Waals surface area (Å²) in [7, 11) is 1.92. The Bertz CT molecular complexity index is 908. The number of aromatic nitrogens is 3. The molecule has 3 aromatic rings. The fourth-order valence-electron chi connectivity index (χ4n) is 3.28. The number of aryl methyl sites for hydroxylation is 3. The van der Waals surface area contributed by atoms with Crippen LogP contribution in [0.4, 0.5) is 11.6 Å². The van der Waals surface area contributed by atoms with Crippen molar-refractivity contribution in [3.8, 4) is 11.4 Å². The number of H-pyrrole nitrogens is 1. The van der Waals surface area contributed by atoms with Crippen LogP contribution in [0.5, 0.6) is 0 Å². The summed E-state index contributed by atoms with van der Waals surface area (Å²) in [6.07, 6.45) is 3.38. The van der Waals surface area contributed by atoms with E-state index in [9.17, 15) is 4.79 Å². The van der Waals surface area contributed by atoms with Crippen molar-refractivity contribution in [1.82, 2.24) is 15.0 Å². The lowest BCUT2D eigenvalue weighted by atomic mass is 10.0. The largest absolute Gasteiger partial charge is 0.365 e. The summed E-state index contributed by atoms with van der Waals surface area (Å²) in [6.45, 7) is 6.45. The molecule has 6 nitrogen and oxygen atoms in total. The van der Waals surface area contributed by atoms with E-state index in [0.29, 0.717) is 5.95 Å². The van der Waals surface area contributed by atoms with Crippen molar-refractivity contribution >= 4 is 54.8 Å². The lowest BCUT2D eigenvalue weighted by molar-refractivity contribution is -0.115. The summed E-state index contributed by atoms with van der Waals surface area (Å²) >= 11 is 0. The highest BCUT2D eigenvalue weighted by Gasteiger charge is 2.14. The van der Waals surface area contributed by atoms with Gasteiger partial charge in [0.25, 0.3) is 0 Å². The Hall–Kier alpha value is -2.28. The van der Waals surface area contributed by atoms with Crippen LogP contribution in [-0.2, 0) is 4.79 Å². The van der Waals surface area contributed by atoms with Gasteiger partial charge < -0.3 is 9.88 Å². The molecule has 2 N–H and O–H groups in total. The number of likely N-dealkylation sites (N-methyl/N-ethyl adjacent to an activating group) is 1. The summed E-state index contributed by atoms with van der Waals surface area (Å²) < 4.78 is 0. The number of hydrogen-bond donors (Lipinski definition) is 2. The molecule has 0 saturated heterocycles. The third-order valence-electron chi connectivity index (χ3n) is 4.17. The maximum Gasteiger partial charge on any atom is 0.246 e. The number of hydrogen-bond acceptors (Lipinski definition) is 4. The molecule has 0 aliphatic rings. The van der Waals surface area contributed by atoms with Crippen LogP contribution in [0, 0.1) is 20.8 Å². The first-order chi connectivity index (χ1) is 12.4. The molecule has 9 heteroatoms. The van der Waals surface area contributed by atoms with Crippen molar-refractivity contribution in [1.29, 1.82) is 0 Å². The van der Waals surface area contributed by atoms with E-state index in [1.54, 1.807) is 12.4 Å². The Labute approximate surface area is 189 Å². The first kappa shape index (κ1) is 26.7. The number of pyridine rings is 1. The van der Waals surface area contributed by atoms with E-state index in [1.165, 1.54) is 5.56 Å². The number of imidazole rings is 1. The average Bonchev–Trinajstić information content (AvgIpc) is 3.03. The number of nitrogens with zero attached hydrogens (tertiary/aromatic N) is 3. The van der Waals surface area contributed by atoms with Gasteiger partial charge in [0, 0.05) is 18.9 Å². The van der Waals surface area contributed by atoms with Gasteiger partial charge in [0.2, 0.25) is 11.9 Å². The number of carbonyl (C=O) groups is 1. The lowest BCUT2D eigenvalue weighted by Crippen LogP contribution is -2.31. The van der Waals surface area contributed by atoms with Crippen LogP contribution in [0.1, 0.15) is 16.7 Å². The van der Waals surface area contributed by atoms with Crippen LogP contribution in [0.15, 0.2) is 42.7 Å². The number of anilines is 2. The molecular weight excluding hydrogens is 433 g/mol. The fourth-order valence-corrected chi connectivity index (χ4v) is 3.28. The summed E-state index contributed by atoms with van der Waals surface area (Å²) in [5.74, 6) is 0.287. The van der Waals surface area contributed by atoms with E-state index in [2.05, 4.69) is 53.2 Å². The molecule has 29 heavy (non-hydrogen) atoms. The molecule has 0 unspecified atom stereocenters. The maximum atomic E-state index is 12.4. The number of rotatable bonds is 5. The minimum atomic E-state index is -0.131. The van der Waals surface area contributed by atoms with Crippen LogP contribution in [-0.4, -0.2) is 34.5 Å². The van der Waals surface area contributed by atoms with Gasteiger partial charge in [-0.2, -0.15) is 0 Å². The number of halogens is 3. The molecule has 0 fully saturated rings. The minimum Gasteiger partial charge on any atom is -0.365 e. The second kappa shape index (κ2) is 11.7. The number of benzene rings is 1. The summed E-state index contributed by atoms with van der Waals surface area (Å²) in [5.41, 5.74) is 6.17. The molecular formula is C20H26Cl3N5O. The van der Waals surface area contributed by atoms with Crippen molar-refractivity contribution in [2.24, 2.45) is 0 Å². The van der Waals surface area contributed by atoms with Crippen LogP contribution in [0.3, 0.4) is 0 Å². The quantitative estimate of drug-likeness (QED) is 0.579. The number of nitrogens with one attached hydrogen (secondary N) is 2. The van der Waals surface area contributed by atoms with Gasteiger partial charge in [0.15, 0.2) is 0 Å². The Morgan fingerprint density at radius 3 is 2.31 bits per heavy atom. The van der Waals surface area contributed by atoms with Gasteiger partial charge >= 0.3 is 0 Å². The molecule has 0 aliphatic heterocycles. The maximum absolute atomic E-state index is 12.4. The molecule has 1 amide bonds. The third kappa shape index (κ3) is 6.63. The fraction of sp³-hybridized carbons (Fsp3) is 0.250. The van der Waals surface area contributed by atoms with Crippen LogP contribution in [0.25, 0.3) is 11.4 Å². The van der Waals surface area contributed by atoms with Gasteiger partial charge in [0.1, 0.15) is 0 Å². The predicted octanol–water partition coefficient (Wildman–Crippen LogP) is 4.74. The van der Waals surface area contributed by atoms with E-state index in [4.69, 9.17) is 0 Å². The van der Waals surface area contributed by atoms with E-state index in [1.807, 2.05) is 30.1 Å². The van der Waals surface area contributed by atoms with E-state index < -0.39 is 0 Å². The Morgan fingerprint density at radius 1 is 1.07 bits per heavy atom. The van der Waals surface area contributed by atoms with E-state index >= 15 is 0 Å². The van der Waals surface area contributed by atoms with Crippen molar-refractivity contribution < 1.29 is 4.79 Å². The molecule has 1 aromatic carbocycles. The molecule has 2 aromatic heterocycles. The second-order valence-corrected chi connectivity index (χ2v) is 6.51. The predicted molar refractivity (Wildman–Crippen MR) is 126 cm³/mol. The number of carbonyl (C=O) groups excluding carboxylic acids is 1. The van der Waals surface area contributed by atoms with Gasteiger partial charge in [-0.3, -0.25) is 15.1 Å². The molecule has 2 heterocycles. The van der Waals surface area contributed by atoms with Gasteiger partial charge in [-0.15, -0.1) is 37.2 Å². The zero-order chi connectivity index (χ0) is 18.7. The first-order valence-corrected chi connectivity index (χ1v) is 8.49. The molecule has 0 saturated carbocycles. The Balaban J connectivity index is 0.00000261. The summed E-state index contributed by atoms with van der Waals surface area (Å²) in [6, 6.07) is 9.90. The molecule has 0 bridgehead atoms. The Morgan fingerprint density at radius 2 is 1.72 bits per heavy atom. The van der Waals surface area contributed by atoms with Crippen molar-refractivity contribution in [2.45, 2.75) is 20.8 Å². The highest BCUT2D eigenvalue weighted by molar-refractivity contribution is 5.93. The third-order valence-corrected chi connectivity index (χ3v) is 4.17. The Kier molecular flexibility index (Phi) is 10.7. The van der Waals surface area contributed by atoms with Crippen LogP contribution >= 0.6 is 37.2 Å². The minimum absolute atomic E-state index is 0. The van der Waals surface area contributed by atoms with Gasteiger partial charge in [-0.1, -0.05) is 23.8 Å². The molecule has 158 valence electrons. The van der Waals surface area contributed by atoms with Gasteiger partial charge in [-0.05, 0) is 44.0 Å². The first-order valence-electron chi connectivity index (χ1n) is 8.49. The normalized spacial score (nSPS) is 9.52. The lowest BCUT2D eigenvalue weighted by Gasteiger charge is -2.23. The zero-order valence-electron chi connectivity index (χ0n) is 16.7. The van der Waals surface area contributed by atoms with E-state index in [0.717, 1.165) is 28.2 Å². The summed E-state index contributed by atoms with van der Waals surface area (Å²) in [5, 5.41) is 2.81. The standard InChI is InChI=1S/C20H23N5O.3ClH/c1-13-9-14(2)19(15(3)10-13)25(4)12-18(26)24-20-22-11-17(23-20)16-7-5-6-8-21-16;;;/h5-11H,12H2,1-4H3,(H2,22,23,24,26);3*1H. The van der Waals surface area contributed by atoms with Crippen LogP contribution in [0.2, 0.25) is 0 Å². The molecule has 0 radical (unpaired) electrons. The highest BCUT2D eigenvalue weighted by Crippen LogP contribution is 2.25. The van der Waals surface area contributed by atoms with E-state index in [-0.39, 0.29) is 49.7 Å². The monoisotopic (exact) mass is 457 g/mol.